The molecule has 2 nitrogen and oxygen atoms in total. The zero-order valence-corrected chi connectivity index (χ0v) is 11.4. The number of nitrogens with one attached hydrogen (secondary N) is 1. The third-order valence-electron chi connectivity index (χ3n) is 3.19. The van der Waals surface area contributed by atoms with Crippen molar-refractivity contribution in [3.63, 3.8) is 0 Å². The van der Waals surface area contributed by atoms with Crippen LogP contribution in [0.2, 0.25) is 0 Å². The Kier molecular flexibility index (Phi) is 4.35. The lowest BCUT2D eigenvalue weighted by molar-refractivity contribution is 0.0986. The van der Waals surface area contributed by atoms with Gasteiger partial charge in [0.15, 0.2) is 5.78 Å². The predicted molar refractivity (Wildman–Crippen MR) is 79.8 cm³/mol. The van der Waals surface area contributed by atoms with E-state index in [4.69, 9.17) is 0 Å². The van der Waals surface area contributed by atoms with Gasteiger partial charge < -0.3 is 5.32 Å². The average Bonchev–Trinajstić information content (AvgIpc) is 2.41. The molecule has 98 valence electrons. The van der Waals surface area contributed by atoms with Gasteiger partial charge in [0.1, 0.15) is 0 Å². The van der Waals surface area contributed by atoms with Crippen LogP contribution >= 0.6 is 0 Å². The van der Waals surface area contributed by atoms with Gasteiger partial charge >= 0.3 is 0 Å². The van der Waals surface area contributed by atoms with Crippen molar-refractivity contribution in [3.05, 3.63) is 65.2 Å². The van der Waals surface area contributed by atoms with E-state index in [2.05, 4.69) is 18.3 Å². The fourth-order valence-electron chi connectivity index (χ4n) is 1.97. The van der Waals surface area contributed by atoms with Gasteiger partial charge in [0.2, 0.25) is 0 Å². The smallest absolute Gasteiger partial charge is 0.164 e. The fourth-order valence-corrected chi connectivity index (χ4v) is 1.97. The molecular weight excluding hydrogens is 234 g/mol. The van der Waals surface area contributed by atoms with E-state index in [1.807, 2.05) is 49.4 Å². The highest BCUT2D eigenvalue weighted by Crippen LogP contribution is 2.13. The Morgan fingerprint density at radius 2 is 1.68 bits per heavy atom. The van der Waals surface area contributed by atoms with E-state index in [0.717, 1.165) is 11.3 Å². The zero-order chi connectivity index (χ0) is 13.7. The van der Waals surface area contributed by atoms with E-state index >= 15 is 0 Å². The predicted octanol–water partition coefficient (Wildman–Crippen LogP) is 3.99. The molecule has 2 aromatic rings. The lowest BCUT2D eigenvalue weighted by atomic mass is 10.1. The van der Waals surface area contributed by atoms with Crippen molar-refractivity contribution in [2.75, 3.05) is 11.9 Å². The molecule has 2 rings (SSSR count). The number of ketones is 1. The summed E-state index contributed by atoms with van der Waals surface area (Å²) in [5.74, 6) is 0.182. The topological polar surface area (TPSA) is 29.1 Å². The van der Waals surface area contributed by atoms with Crippen molar-refractivity contribution in [2.45, 2.75) is 20.3 Å². The van der Waals surface area contributed by atoms with Crippen LogP contribution < -0.4 is 5.32 Å². The van der Waals surface area contributed by atoms with Gasteiger partial charge in [-0.2, -0.15) is 0 Å². The Morgan fingerprint density at radius 3 is 2.37 bits per heavy atom. The van der Waals surface area contributed by atoms with Gasteiger partial charge in [-0.05, 0) is 25.5 Å². The summed E-state index contributed by atoms with van der Waals surface area (Å²) < 4.78 is 0. The highest BCUT2D eigenvalue weighted by atomic mass is 16.1. The van der Waals surface area contributed by atoms with Gasteiger partial charge in [0.05, 0.1) is 0 Å². The maximum Gasteiger partial charge on any atom is 0.164 e. The van der Waals surface area contributed by atoms with Crippen LogP contribution in [0.5, 0.6) is 0 Å². The molecule has 0 aliphatic heterocycles. The van der Waals surface area contributed by atoms with Crippen LogP contribution in [0, 0.1) is 13.8 Å². The number of anilines is 1. The molecule has 0 saturated carbocycles. The lowest BCUT2D eigenvalue weighted by Gasteiger charge is -2.08. The van der Waals surface area contributed by atoms with Crippen LogP contribution in [-0.4, -0.2) is 12.3 Å². The minimum absolute atomic E-state index is 0.182. The number of carbonyl (C=O) groups is 1. The van der Waals surface area contributed by atoms with Gasteiger partial charge in [0, 0.05) is 24.2 Å². The summed E-state index contributed by atoms with van der Waals surface area (Å²) in [5.41, 5.74) is 4.26. The summed E-state index contributed by atoms with van der Waals surface area (Å²) in [6, 6.07) is 15.8. The van der Waals surface area contributed by atoms with E-state index in [9.17, 15) is 4.79 Å². The second-order valence-electron chi connectivity index (χ2n) is 4.78. The highest BCUT2D eigenvalue weighted by molar-refractivity contribution is 5.96. The largest absolute Gasteiger partial charge is 0.384 e. The molecule has 0 radical (unpaired) electrons. The van der Waals surface area contributed by atoms with Crippen LogP contribution in [0.3, 0.4) is 0 Å². The van der Waals surface area contributed by atoms with Gasteiger partial charge in [-0.3, -0.25) is 4.79 Å². The van der Waals surface area contributed by atoms with Gasteiger partial charge in [-0.25, -0.2) is 0 Å². The van der Waals surface area contributed by atoms with Gasteiger partial charge in [-0.15, -0.1) is 0 Å². The van der Waals surface area contributed by atoms with E-state index in [0.29, 0.717) is 13.0 Å². The number of benzene rings is 2. The number of hydrogen-bond acceptors (Lipinski definition) is 2. The molecule has 0 aliphatic carbocycles. The molecule has 0 aliphatic rings. The molecule has 1 N–H and O–H groups in total. The summed E-state index contributed by atoms with van der Waals surface area (Å²) in [6.45, 7) is 4.75. The lowest BCUT2D eigenvalue weighted by Crippen LogP contribution is -2.09. The minimum Gasteiger partial charge on any atom is -0.384 e. The van der Waals surface area contributed by atoms with Crippen molar-refractivity contribution in [1.29, 1.82) is 0 Å². The number of hydrogen-bond donors (Lipinski definition) is 1. The molecule has 0 bridgehead atoms. The minimum atomic E-state index is 0.182. The molecule has 0 heterocycles. The summed E-state index contributed by atoms with van der Waals surface area (Å²) >= 11 is 0. The van der Waals surface area contributed by atoms with E-state index < -0.39 is 0 Å². The second-order valence-corrected chi connectivity index (χ2v) is 4.78. The van der Waals surface area contributed by atoms with E-state index in [-0.39, 0.29) is 5.78 Å². The Labute approximate surface area is 114 Å². The van der Waals surface area contributed by atoms with E-state index in [1.54, 1.807) is 0 Å². The molecule has 2 aromatic carbocycles. The first-order valence-corrected chi connectivity index (χ1v) is 6.56. The standard InChI is InChI=1S/C17H19NO/c1-13-7-9-15(10-8-13)17(19)11-12-18-16-6-4-3-5-14(16)2/h3-10,18H,11-12H2,1-2H3. The zero-order valence-electron chi connectivity index (χ0n) is 11.4. The van der Waals surface area contributed by atoms with Crippen molar-refractivity contribution in [3.8, 4) is 0 Å². The summed E-state index contributed by atoms with van der Waals surface area (Å²) in [7, 11) is 0. The average molecular weight is 253 g/mol. The normalized spacial score (nSPS) is 10.2. The fraction of sp³-hybridized carbons (Fsp3) is 0.235. The third-order valence-corrected chi connectivity index (χ3v) is 3.19. The Hall–Kier alpha value is -2.09. The molecule has 0 amide bonds. The number of para-hydroxylation sites is 1. The van der Waals surface area contributed by atoms with Crippen LogP contribution in [0.4, 0.5) is 5.69 Å². The van der Waals surface area contributed by atoms with Crippen molar-refractivity contribution >= 4 is 11.5 Å². The van der Waals surface area contributed by atoms with Crippen molar-refractivity contribution in [2.24, 2.45) is 0 Å². The first-order chi connectivity index (χ1) is 9.16. The molecule has 0 unspecified atom stereocenters. The first-order valence-electron chi connectivity index (χ1n) is 6.56. The summed E-state index contributed by atoms with van der Waals surface area (Å²) in [6.07, 6.45) is 0.511. The third kappa shape index (κ3) is 3.68. The molecule has 0 saturated heterocycles. The van der Waals surface area contributed by atoms with Crippen LogP contribution in [0.1, 0.15) is 27.9 Å². The maximum atomic E-state index is 12.0. The number of rotatable bonds is 5. The van der Waals surface area contributed by atoms with Crippen LogP contribution in [-0.2, 0) is 0 Å². The summed E-state index contributed by atoms with van der Waals surface area (Å²) in [4.78, 5) is 12.0. The molecular formula is C17H19NO. The van der Waals surface area contributed by atoms with Crippen molar-refractivity contribution in [1.82, 2.24) is 0 Å². The Balaban J connectivity index is 1.88. The molecule has 0 atom stereocenters. The maximum absolute atomic E-state index is 12.0. The second kappa shape index (κ2) is 6.19. The summed E-state index contributed by atoms with van der Waals surface area (Å²) in [5, 5.41) is 3.30. The van der Waals surface area contributed by atoms with Crippen molar-refractivity contribution < 1.29 is 4.79 Å². The van der Waals surface area contributed by atoms with Gasteiger partial charge in [0.25, 0.3) is 0 Å². The van der Waals surface area contributed by atoms with Crippen LogP contribution in [0.15, 0.2) is 48.5 Å². The highest BCUT2D eigenvalue weighted by Gasteiger charge is 2.05. The SMILES string of the molecule is Cc1ccc(C(=O)CCNc2ccccc2C)cc1. The monoisotopic (exact) mass is 253 g/mol. The Bertz CT molecular complexity index is 558. The number of carbonyl (C=O) groups excluding carboxylic acids is 1. The number of aryl methyl sites for hydroxylation is 2. The Morgan fingerprint density at radius 1 is 1.00 bits per heavy atom. The molecule has 0 aromatic heterocycles. The van der Waals surface area contributed by atoms with E-state index in [1.165, 1.54) is 11.1 Å². The molecule has 0 spiro atoms. The van der Waals surface area contributed by atoms with Crippen LogP contribution in [0.25, 0.3) is 0 Å². The quantitative estimate of drug-likeness (QED) is 0.816. The number of Topliss-reactive ketones (excluding diaryl/α,β-unsaturated/α-hetero) is 1. The molecule has 2 heteroatoms. The van der Waals surface area contributed by atoms with Gasteiger partial charge in [-0.1, -0.05) is 48.0 Å². The molecule has 0 fully saturated rings. The molecule has 19 heavy (non-hydrogen) atoms. The first kappa shape index (κ1) is 13.3.